The Morgan fingerprint density at radius 2 is 2.06 bits per heavy atom. The van der Waals surface area contributed by atoms with Crippen LogP contribution in [0.4, 0.5) is 0 Å². The zero-order valence-electron chi connectivity index (χ0n) is 11.7. The first-order chi connectivity index (χ1) is 8.47. The lowest BCUT2D eigenvalue weighted by Gasteiger charge is -2.35. The number of hydrogen-bond donors (Lipinski definition) is 1. The number of rotatable bonds is 6. The van der Waals surface area contributed by atoms with Crippen molar-refractivity contribution in [2.24, 2.45) is 5.92 Å². The number of carboxylic acid groups (broad SMARTS) is 1. The molecule has 2 unspecified atom stereocenters. The molecule has 0 radical (unpaired) electrons. The van der Waals surface area contributed by atoms with E-state index >= 15 is 0 Å². The van der Waals surface area contributed by atoms with Crippen molar-refractivity contribution in [2.75, 3.05) is 6.54 Å². The molecule has 0 aromatic heterocycles. The third kappa shape index (κ3) is 2.85. The average Bonchev–Trinajstić information content (AvgIpc) is 2.74. The van der Waals surface area contributed by atoms with Gasteiger partial charge in [-0.1, -0.05) is 33.6 Å². The maximum atomic E-state index is 12.3. The average molecular weight is 255 g/mol. The van der Waals surface area contributed by atoms with E-state index in [1.165, 1.54) is 0 Å². The van der Waals surface area contributed by atoms with Crippen molar-refractivity contribution in [3.05, 3.63) is 0 Å². The minimum Gasteiger partial charge on any atom is -0.479 e. The number of hydrogen-bond acceptors (Lipinski definition) is 2. The molecule has 1 amide bonds. The molecule has 0 aromatic carbocycles. The van der Waals surface area contributed by atoms with Gasteiger partial charge in [0, 0.05) is 13.0 Å². The highest BCUT2D eigenvalue weighted by atomic mass is 16.4. The normalized spacial score (nSPS) is 25.2. The molecule has 0 aliphatic carbocycles. The van der Waals surface area contributed by atoms with Gasteiger partial charge in [0.1, 0.15) is 5.54 Å². The summed E-state index contributed by atoms with van der Waals surface area (Å²) < 4.78 is 0. The Hall–Kier alpha value is -1.06. The third-order valence-electron chi connectivity index (χ3n) is 4.07. The first-order valence-corrected chi connectivity index (χ1v) is 7.01. The number of amides is 1. The number of carbonyl (C=O) groups excluding carboxylic acids is 1. The molecule has 0 spiro atoms. The van der Waals surface area contributed by atoms with Crippen LogP contribution in [0.1, 0.15) is 59.3 Å². The largest absolute Gasteiger partial charge is 0.479 e. The van der Waals surface area contributed by atoms with Crippen molar-refractivity contribution in [1.82, 2.24) is 4.90 Å². The Morgan fingerprint density at radius 1 is 1.39 bits per heavy atom. The molecule has 1 aliphatic rings. The summed E-state index contributed by atoms with van der Waals surface area (Å²) in [5.41, 5.74) is -0.931. The Bertz CT molecular complexity index is 316. The van der Waals surface area contributed by atoms with Crippen molar-refractivity contribution >= 4 is 11.9 Å². The molecule has 1 heterocycles. The number of carbonyl (C=O) groups is 2. The number of carboxylic acids is 1. The molecule has 4 nitrogen and oxygen atoms in total. The van der Waals surface area contributed by atoms with Crippen molar-refractivity contribution in [1.29, 1.82) is 0 Å². The fraction of sp³-hybridized carbons (Fsp3) is 0.857. The molecule has 0 bridgehead atoms. The van der Waals surface area contributed by atoms with Gasteiger partial charge < -0.3 is 10.0 Å². The van der Waals surface area contributed by atoms with Crippen LogP contribution < -0.4 is 0 Å². The summed E-state index contributed by atoms with van der Waals surface area (Å²) >= 11 is 0. The van der Waals surface area contributed by atoms with Gasteiger partial charge >= 0.3 is 5.97 Å². The Labute approximate surface area is 109 Å². The summed E-state index contributed by atoms with van der Waals surface area (Å²) in [7, 11) is 0. The summed E-state index contributed by atoms with van der Waals surface area (Å²) in [4.78, 5) is 25.5. The molecule has 1 N–H and O–H groups in total. The minimum atomic E-state index is -0.931. The Morgan fingerprint density at radius 3 is 2.56 bits per heavy atom. The van der Waals surface area contributed by atoms with Crippen LogP contribution in [0.3, 0.4) is 0 Å². The lowest BCUT2D eigenvalue weighted by Crippen LogP contribution is -2.53. The fourth-order valence-electron chi connectivity index (χ4n) is 2.80. The zero-order chi connectivity index (χ0) is 13.8. The Kier molecular flexibility index (Phi) is 5.17. The van der Waals surface area contributed by atoms with Crippen LogP contribution in [0.2, 0.25) is 0 Å². The van der Waals surface area contributed by atoms with Crippen LogP contribution >= 0.6 is 0 Å². The van der Waals surface area contributed by atoms with Gasteiger partial charge in [-0.2, -0.15) is 0 Å². The van der Waals surface area contributed by atoms with Crippen LogP contribution in [-0.2, 0) is 9.59 Å². The topological polar surface area (TPSA) is 57.6 Å². The van der Waals surface area contributed by atoms with E-state index in [0.717, 1.165) is 19.3 Å². The first-order valence-electron chi connectivity index (χ1n) is 7.01. The summed E-state index contributed by atoms with van der Waals surface area (Å²) in [6.45, 7) is 6.66. The molecule has 0 saturated carbocycles. The van der Waals surface area contributed by atoms with Gasteiger partial charge in [0.15, 0.2) is 0 Å². The number of nitrogens with zero attached hydrogens (tertiary/aromatic N) is 1. The monoisotopic (exact) mass is 255 g/mol. The number of likely N-dealkylation sites (tertiary alicyclic amines) is 1. The van der Waals surface area contributed by atoms with Gasteiger partial charge in [-0.25, -0.2) is 4.79 Å². The van der Waals surface area contributed by atoms with Crippen LogP contribution in [0.25, 0.3) is 0 Å². The molecule has 0 aromatic rings. The van der Waals surface area contributed by atoms with Crippen LogP contribution in [-0.4, -0.2) is 34.0 Å². The van der Waals surface area contributed by atoms with Gasteiger partial charge in [0.05, 0.1) is 0 Å². The lowest BCUT2D eigenvalue weighted by atomic mass is 9.90. The van der Waals surface area contributed by atoms with Gasteiger partial charge in [-0.05, 0) is 25.2 Å². The maximum Gasteiger partial charge on any atom is 0.329 e. The quantitative estimate of drug-likeness (QED) is 0.793. The maximum absolute atomic E-state index is 12.3. The second-order valence-electron chi connectivity index (χ2n) is 5.45. The van der Waals surface area contributed by atoms with Gasteiger partial charge in [0.2, 0.25) is 5.91 Å². The van der Waals surface area contributed by atoms with E-state index in [0.29, 0.717) is 31.7 Å². The summed E-state index contributed by atoms with van der Waals surface area (Å²) in [5.74, 6) is -0.497. The molecule has 1 rings (SSSR count). The Balaban J connectivity index is 2.84. The predicted octanol–water partition coefficient (Wildman–Crippen LogP) is 2.67. The molecular formula is C14H25NO3. The molecule has 2 atom stereocenters. The van der Waals surface area contributed by atoms with Gasteiger partial charge in [-0.3, -0.25) is 4.79 Å². The molecule has 104 valence electrons. The summed E-state index contributed by atoms with van der Waals surface area (Å²) in [6, 6.07) is 0. The van der Waals surface area contributed by atoms with E-state index in [-0.39, 0.29) is 5.91 Å². The van der Waals surface area contributed by atoms with E-state index < -0.39 is 11.5 Å². The minimum absolute atomic E-state index is 0.0118. The molecule has 4 heteroatoms. The first kappa shape index (κ1) is 15.0. The van der Waals surface area contributed by atoms with Crippen molar-refractivity contribution < 1.29 is 14.7 Å². The SMILES string of the molecule is CCCC1(C(=O)O)CCCN1C(=O)CC(C)CC. The van der Waals surface area contributed by atoms with Crippen LogP contribution in [0, 0.1) is 5.92 Å². The summed E-state index contributed by atoms with van der Waals surface area (Å²) in [5, 5.41) is 9.51. The lowest BCUT2D eigenvalue weighted by molar-refractivity contribution is -0.157. The van der Waals surface area contributed by atoms with E-state index in [1.54, 1.807) is 4.90 Å². The zero-order valence-corrected chi connectivity index (χ0v) is 11.7. The third-order valence-corrected chi connectivity index (χ3v) is 4.07. The smallest absolute Gasteiger partial charge is 0.329 e. The second kappa shape index (κ2) is 6.21. The molecule has 1 saturated heterocycles. The van der Waals surface area contributed by atoms with Crippen LogP contribution in [0.5, 0.6) is 0 Å². The molecule has 1 fully saturated rings. The highest BCUT2D eigenvalue weighted by Gasteiger charge is 2.48. The van der Waals surface area contributed by atoms with Gasteiger partial charge in [-0.15, -0.1) is 0 Å². The highest BCUT2D eigenvalue weighted by molar-refractivity contribution is 5.87. The van der Waals surface area contributed by atoms with Gasteiger partial charge in [0.25, 0.3) is 0 Å². The van der Waals surface area contributed by atoms with Crippen molar-refractivity contribution in [3.63, 3.8) is 0 Å². The van der Waals surface area contributed by atoms with E-state index in [2.05, 4.69) is 6.92 Å². The van der Waals surface area contributed by atoms with E-state index in [1.807, 2.05) is 13.8 Å². The number of aliphatic carboxylic acids is 1. The second-order valence-corrected chi connectivity index (χ2v) is 5.45. The fourth-order valence-corrected chi connectivity index (χ4v) is 2.80. The van der Waals surface area contributed by atoms with E-state index in [4.69, 9.17) is 0 Å². The molecule has 1 aliphatic heterocycles. The molecular weight excluding hydrogens is 230 g/mol. The predicted molar refractivity (Wildman–Crippen MR) is 70.3 cm³/mol. The van der Waals surface area contributed by atoms with E-state index in [9.17, 15) is 14.7 Å². The molecule has 18 heavy (non-hydrogen) atoms. The summed E-state index contributed by atoms with van der Waals surface area (Å²) in [6.07, 6.45) is 4.18. The highest BCUT2D eigenvalue weighted by Crippen LogP contribution is 2.35. The standard InChI is InChI=1S/C14H25NO3/c1-4-7-14(13(17)18)8-6-9-15(14)12(16)10-11(3)5-2/h11H,4-10H2,1-3H3,(H,17,18). The van der Waals surface area contributed by atoms with Crippen molar-refractivity contribution in [3.8, 4) is 0 Å². The van der Waals surface area contributed by atoms with Crippen molar-refractivity contribution in [2.45, 2.75) is 64.8 Å². The van der Waals surface area contributed by atoms with Crippen LogP contribution in [0.15, 0.2) is 0 Å².